The fourth-order valence-electron chi connectivity index (χ4n) is 1.27. The van der Waals surface area contributed by atoms with E-state index in [1.54, 1.807) is 25.3 Å². The van der Waals surface area contributed by atoms with Crippen LogP contribution >= 0.6 is 31.9 Å². The summed E-state index contributed by atoms with van der Waals surface area (Å²) in [7, 11) is 1.60. The summed E-state index contributed by atoms with van der Waals surface area (Å²) in [4.78, 5) is 7.76. The van der Waals surface area contributed by atoms with E-state index in [-0.39, 0.29) is 0 Å². The van der Waals surface area contributed by atoms with Crippen molar-refractivity contribution in [2.45, 2.75) is 0 Å². The average Bonchev–Trinajstić information content (AvgIpc) is 2.33. The van der Waals surface area contributed by atoms with E-state index in [1.807, 2.05) is 0 Å². The number of benzene rings is 1. The van der Waals surface area contributed by atoms with Gasteiger partial charge >= 0.3 is 0 Å². The van der Waals surface area contributed by atoms with Gasteiger partial charge in [0.15, 0.2) is 0 Å². The second-order valence-corrected chi connectivity index (χ2v) is 5.01. The molecule has 1 aromatic heterocycles. The third-order valence-corrected chi connectivity index (χ3v) is 3.32. The molecule has 0 unspecified atom stereocenters. The summed E-state index contributed by atoms with van der Waals surface area (Å²) in [5.41, 5.74) is 5.55. The van der Waals surface area contributed by atoms with Crippen molar-refractivity contribution in [2.24, 2.45) is 0 Å². The van der Waals surface area contributed by atoms with Crippen LogP contribution in [0.15, 0.2) is 33.5 Å². The zero-order chi connectivity index (χ0) is 13.1. The molecule has 7 heteroatoms. The zero-order valence-corrected chi connectivity index (χ0v) is 12.5. The number of methoxy groups -OCH3 is 1. The number of rotatable bonds is 3. The van der Waals surface area contributed by atoms with Crippen molar-refractivity contribution in [1.29, 1.82) is 0 Å². The Hall–Kier alpha value is -1.34. The number of nitrogens with zero attached hydrogens (tertiary/aromatic N) is 2. The first-order chi connectivity index (χ1) is 8.60. The largest absolute Gasteiger partial charge is 0.496 e. The van der Waals surface area contributed by atoms with Crippen LogP contribution in [0.5, 0.6) is 17.4 Å². The summed E-state index contributed by atoms with van der Waals surface area (Å²) >= 11 is 6.78. The molecule has 0 amide bonds. The molecule has 0 atom stereocenters. The number of ether oxygens (including phenoxy) is 2. The normalized spacial score (nSPS) is 10.2. The SMILES string of the molecule is COc1cc(Br)c(Oc2cc(N)ncn2)cc1Br. The molecule has 0 aliphatic rings. The van der Waals surface area contributed by atoms with Gasteiger partial charge in [-0.3, -0.25) is 0 Å². The Kier molecular flexibility index (Phi) is 4.03. The standard InChI is InChI=1S/C11H9Br2N3O2/c1-17-8-2-7(13)9(3-6(8)12)18-11-4-10(14)15-5-16-11/h2-5H,1H3,(H2,14,15,16). The van der Waals surface area contributed by atoms with E-state index >= 15 is 0 Å². The van der Waals surface area contributed by atoms with Gasteiger partial charge in [0.25, 0.3) is 0 Å². The molecule has 1 aromatic carbocycles. The second-order valence-electron chi connectivity index (χ2n) is 3.30. The van der Waals surface area contributed by atoms with Gasteiger partial charge in [0.1, 0.15) is 23.6 Å². The van der Waals surface area contributed by atoms with Crippen LogP contribution in [0.2, 0.25) is 0 Å². The summed E-state index contributed by atoms with van der Waals surface area (Å²) < 4.78 is 12.3. The molecule has 0 radical (unpaired) electrons. The van der Waals surface area contributed by atoms with Crippen LogP contribution < -0.4 is 15.2 Å². The van der Waals surface area contributed by atoms with E-state index in [0.29, 0.717) is 23.2 Å². The van der Waals surface area contributed by atoms with Gasteiger partial charge < -0.3 is 15.2 Å². The number of hydrogen-bond acceptors (Lipinski definition) is 5. The molecule has 0 saturated heterocycles. The first kappa shape index (κ1) is 13.1. The molecule has 0 aliphatic heterocycles. The minimum absolute atomic E-state index is 0.351. The lowest BCUT2D eigenvalue weighted by molar-refractivity contribution is 0.408. The first-order valence-corrected chi connectivity index (χ1v) is 6.47. The van der Waals surface area contributed by atoms with Gasteiger partial charge in [-0.2, -0.15) is 0 Å². The van der Waals surface area contributed by atoms with E-state index in [0.717, 1.165) is 8.95 Å². The number of anilines is 1. The van der Waals surface area contributed by atoms with Gasteiger partial charge in [-0.25, -0.2) is 9.97 Å². The Morgan fingerprint density at radius 1 is 1.06 bits per heavy atom. The third-order valence-electron chi connectivity index (χ3n) is 2.08. The fourth-order valence-corrected chi connectivity index (χ4v) is 2.15. The van der Waals surface area contributed by atoms with Gasteiger partial charge in [-0.1, -0.05) is 0 Å². The molecule has 0 saturated carbocycles. The van der Waals surface area contributed by atoms with Crippen molar-refractivity contribution in [3.63, 3.8) is 0 Å². The predicted molar refractivity (Wildman–Crippen MR) is 74.9 cm³/mol. The molecule has 0 spiro atoms. The predicted octanol–water partition coefficient (Wildman–Crippen LogP) is 3.38. The topological polar surface area (TPSA) is 70.3 Å². The fraction of sp³-hybridized carbons (Fsp3) is 0.0909. The third kappa shape index (κ3) is 2.91. The monoisotopic (exact) mass is 373 g/mol. The summed E-state index contributed by atoms with van der Waals surface area (Å²) in [5, 5.41) is 0. The Bertz CT molecular complexity index is 578. The number of halogens is 2. The quantitative estimate of drug-likeness (QED) is 0.891. The Balaban J connectivity index is 2.32. The maximum Gasteiger partial charge on any atom is 0.224 e. The molecule has 2 rings (SSSR count). The van der Waals surface area contributed by atoms with Gasteiger partial charge in [0.05, 0.1) is 16.1 Å². The average molecular weight is 375 g/mol. The van der Waals surface area contributed by atoms with Crippen molar-refractivity contribution in [3.05, 3.63) is 33.5 Å². The van der Waals surface area contributed by atoms with Crippen LogP contribution in [0.25, 0.3) is 0 Å². The molecule has 18 heavy (non-hydrogen) atoms. The van der Waals surface area contributed by atoms with Crippen LogP contribution in [0.4, 0.5) is 5.82 Å². The van der Waals surface area contributed by atoms with Crippen molar-refractivity contribution < 1.29 is 9.47 Å². The lowest BCUT2D eigenvalue weighted by Crippen LogP contribution is -1.95. The summed E-state index contributed by atoms with van der Waals surface area (Å²) in [6.45, 7) is 0. The van der Waals surface area contributed by atoms with Crippen molar-refractivity contribution >= 4 is 37.7 Å². The van der Waals surface area contributed by atoms with Gasteiger partial charge in [-0.05, 0) is 44.0 Å². The Labute approximate surface area is 121 Å². The molecular weight excluding hydrogens is 366 g/mol. The van der Waals surface area contributed by atoms with Gasteiger partial charge in [0, 0.05) is 6.07 Å². The highest BCUT2D eigenvalue weighted by Gasteiger charge is 2.10. The Morgan fingerprint density at radius 2 is 1.72 bits per heavy atom. The smallest absolute Gasteiger partial charge is 0.224 e. The lowest BCUT2D eigenvalue weighted by Gasteiger charge is -2.10. The summed E-state index contributed by atoms with van der Waals surface area (Å²) in [6, 6.07) is 5.12. The molecule has 2 N–H and O–H groups in total. The van der Waals surface area contributed by atoms with Gasteiger partial charge in [-0.15, -0.1) is 0 Å². The van der Waals surface area contributed by atoms with Crippen molar-refractivity contribution in [2.75, 3.05) is 12.8 Å². The highest BCUT2D eigenvalue weighted by Crippen LogP contribution is 2.37. The highest BCUT2D eigenvalue weighted by molar-refractivity contribution is 9.11. The lowest BCUT2D eigenvalue weighted by atomic mass is 10.3. The maximum atomic E-state index is 5.61. The number of nitrogens with two attached hydrogens (primary N) is 1. The molecule has 0 fully saturated rings. The molecule has 0 bridgehead atoms. The second kappa shape index (κ2) is 5.53. The highest BCUT2D eigenvalue weighted by atomic mass is 79.9. The molecular formula is C11H9Br2N3O2. The number of aromatic nitrogens is 2. The van der Waals surface area contributed by atoms with Crippen LogP contribution in [-0.2, 0) is 0 Å². The van der Waals surface area contributed by atoms with Crippen LogP contribution in [0, 0.1) is 0 Å². The maximum absolute atomic E-state index is 5.61. The summed E-state index contributed by atoms with van der Waals surface area (Å²) in [6.07, 6.45) is 1.34. The van der Waals surface area contributed by atoms with E-state index in [2.05, 4.69) is 41.8 Å². The van der Waals surface area contributed by atoms with E-state index < -0.39 is 0 Å². The summed E-state index contributed by atoms with van der Waals surface area (Å²) in [5.74, 6) is 2.03. The van der Waals surface area contributed by atoms with Crippen LogP contribution in [-0.4, -0.2) is 17.1 Å². The molecule has 1 heterocycles. The molecule has 0 aliphatic carbocycles. The molecule has 94 valence electrons. The first-order valence-electron chi connectivity index (χ1n) is 4.88. The van der Waals surface area contributed by atoms with Crippen molar-refractivity contribution in [1.82, 2.24) is 9.97 Å². The Morgan fingerprint density at radius 3 is 2.39 bits per heavy atom. The zero-order valence-electron chi connectivity index (χ0n) is 9.35. The van der Waals surface area contributed by atoms with E-state index in [4.69, 9.17) is 15.2 Å². The van der Waals surface area contributed by atoms with Crippen LogP contribution in [0.1, 0.15) is 0 Å². The van der Waals surface area contributed by atoms with E-state index in [9.17, 15) is 0 Å². The van der Waals surface area contributed by atoms with E-state index in [1.165, 1.54) is 6.33 Å². The minimum atomic E-state index is 0.351. The minimum Gasteiger partial charge on any atom is -0.496 e. The van der Waals surface area contributed by atoms with Gasteiger partial charge in [0.2, 0.25) is 5.88 Å². The molecule has 5 nitrogen and oxygen atoms in total. The molecule has 2 aromatic rings. The van der Waals surface area contributed by atoms with Crippen LogP contribution in [0.3, 0.4) is 0 Å². The number of hydrogen-bond donors (Lipinski definition) is 1. The van der Waals surface area contributed by atoms with Crippen molar-refractivity contribution in [3.8, 4) is 17.4 Å². The number of nitrogen functional groups attached to an aromatic ring is 1.